The van der Waals surface area contributed by atoms with Crippen molar-refractivity contribution in [3.8, 4) is 5.75 Å². The van der Waals surface area contributed by atoms with Crippen LogP contribution >= 0.6 is 0 Å². The zero-order valence-corrected chi connectivity index (χ0v) is 11.0. The summed E-state index contributed by atoms with van der Waals surface area (Å²) >= 11 is 0. The highest BCUT2D eigenvalue weighted by molar-refractivity contribution is 5.73. The van der Waals surface area contributed by atoms with Crippen LogP contribution in [-0.4, -0.2) is 41.2 Å². The monoisotopic (exact) mass is 252 g/mol. The fourth-order valence-electron chi connectivity index (χ4n) is 1.85. The molecule has 0 spiro atoms. The highest BCUT2D eigenvalue weighted by Crippen LogP contribution is 2.25. The Kier molecular flexibility index (Phi) is 4.69. The van der Waals surface area contributed by atoms with Crippen molar-refractivity contribution in [3.63, 3.8) is 0 Å². The van der Waals surface area contributed by atoms with Crippen molar-refractivity contribution in [2.75, 3.05) is 14.1 Å². The molecule has 100 valence electrons. The summed E-state index contributed by atoms with van der Waals surface area (Å²) in [7, 11) is 3.82. The van der Waals surface area contributed by atoms with E-state index in [1.54, 1.807) is 12.1 Å². The summed E-state index contributed by atoms with van der Waals surface area (Å²) in [5.41, 5.74) is 8.11. The van der Waals surface area contributed by atoms with Gasteiger partial charge in [0.1, 0.15) is 11.8 Å². The number of aliphatic carboxylic acids is 1. The summed E-state index contributed by atoms with van der Waals surface area (Å²) in [6, 6.07) is 2.41. The van der Waals surface area contributed by atoms with E-state index in [2.05, 4.69) is 0 Å². The van der Waals surface area contributed by atoms with E-state index >= 15 is 0 Å². The van der Waals surface area contributed by atoms with Crippen LogP contribution in [0.1, 0.15) is 16.7 Å². The minimum absolute atomic E-state index is 0.230. The first-order valence-electron chi connectivity index (χ1n) is 5.76. The van der Waals surface area contributed by atoms with E-state index in [0.717, 1.165) is 16.7 Å². The van der Waals surface area contributed by atoms with E-state index in [1.807, 2.05) is 25.9 Å². The van der Waals surface area contributed by atoms with Crippen LogP contribution in [0.3, 0.4) is 0 Å². The van der Waals surface area contributed by atoms with Gasteiger partial charge in [0.05, 0.1) is 0 Å². The van der Waals surface area contributed by atoms with Gasteiger partial charge in [-0.25, -0.2) is 0 Å². The van der Waals surface area contributed by atoms with Crippen molar-refractivity contribution < 1.29 is 15.0 Å². The molecule has 0 aliphatic carbocycles. The minimum Gasteiger partial charge on any atom is -0.508 e. The van der Waals surface area contributed by atoms with Crippen molar-refractivity contribution >= 4 is 5.97 Å². The van der Waals surface area contributed by atoms with Crippen LogP contribution < -0.4 is 5.73 Å². The molecule has 0 aliphatic heterocycles. The molecule has 0 amide bonds. The molecule has 0 aliphatic rings. The number of hydrogen-bond acceptors (Lipinski definition) is 4. The van der Waals surface area contributed by atoms with Crippen molar-refractivity contribution in [1.82, 2.24) is 4.90 Å². The molecule has 1 aromatic carbocycles. The molecular weight excluding hydrogens is 232 g/mol. The molecule has 1 aromatic rings. The third-order valence-corrected chi connectivity index (χ3v) is 2.92. The number of carbonyl (C=O) groups is 1. The Morgan fingerprint density at radius 2 is 2.06 bits per heavy atom. The SMILES string of the molecule is Cc1c(CC(N)C(=O)O)ccc(O)c1CN(C)C. The third-order valence-electron chi connectivity index (χ3n) is 2.92. The molecule has 4 N–H and O–H groups in total. The van der Waals surface area contributed by atoms with E-state index < -0.39 is 12.0 Å². The normalized spacial score (nSPS) is 12.7. The second kappa shape index (κ2) is 5.84. The van der Waals surface area contributed by atoms with E-state index in [0.29, 0.717) is 6.54 Å². The second-order valence-electron chi connectivity index (χ2n) is 4.73. The molecular formula is C13H20N2O3. The average Bonchev–Trinajstić information content (AvgIpc) is 2.27. The van der Waals surface area contributed by atoms with Crippen LogP contribution in [0.15, 0.2) is 12.1 Å². The molecule has 0 saturated heterocycles. The third kappa shape index (κ3) is 3.45. The fraction of sp³-hybridized carbons (Fsp3) is 0.462. The largest absolute Gasteiger partial charge is 0.508 e. The predicted octanol–water partition coefficient (Wildman–Crippen LogP) is 0.717. The predicted molar refractivity (Wildman–Crippen MR) is 69.6 cm³/mol. The smallest absolute Gasteiger partial charge is 0.320 e. The van der Waals surface area contributed by atoms with Crippen molar-refractivity contribution in [2.24, 2.45) is 5.73 Å². The minimum atomic E-state index is -1.02. The number of carboxylic acid groups (broad SMARTS) is 1. The number of benzene rings is 1. The van der Waals surface area contributed by atoms with Crippen LogP contribution in [0.25, 0.3) is 0 Å². The van der Waals surface area contributed by atoms with E-state index in [-0.39, 0.29) is 12.2 Å². The summed E-state index contributed by atoms with van der Waals surface area (Å²) in [5, 5.41) is 18.7. The highest BCUT2D eigenvalue weighted by Gasteiger charge is 2.16. The first-order chi connectivity index (χ1) is 8.32. The maximum Gasteiger partial charge on any atom is 0.320 e. The number of rotatable bonds is 5. The van der Waals surface area contributed by atoms with Crippen LogP contribution in [0.5, 0.6) is 5.75 Å². The Hall–Kier alpha value is -1.59. The lowest BCUT2D eigenvalue weighted by atomic mass is 9.96. The zero-order valence-electron chi connectivity index (χ0n) is 11.0. The molecule has 0 fully saturated rings. The highest BCUT2D eigenvalue weighted by atomic mass is 16.4. The van der Waals surface area contributed by atoms with Crippen molar-refractivity contribution in [2.45, 2.75) is 25.9 Å². The summed E-state index contributed by atoms with van der Waals surface area (Å²) in [6.07, 6.45) is 0.266. The Labute approximate surface area is 107 Å². The number of hydrogen-bond donors (Lipinski definition) is 3. The van der Waals surface area contributed by atoms with Gasteiger partial charge in [-0.2, -0.15) is 0 Å². The Bertz CT molecular complexity index is 444. The number of aromatic hydroxyl groups is 1. The lowest BCUT2D eigenvalue weighted by Gasteiger charge is -2.17. The van der Waals surface area contributed by atoms with E-state index in [1.165, 1.54) is 0 Å². The van der Waals surface area contributed by atoms with E-state index in [4.69, 9.17) is 10.8 Å². The molecule has 1 atom stereocenters. The van der Waals surface area contributed by atoms with Gasteiger partial charge in [-0.05, 0) is 44.6 Å². The maximum absolute atomic E-state index is 10.8. The van der Waals surface area contributed by atoms with Crippen molar-refractivity contribution in [3.05, 3.63) is 28.8 Å². The molecule has 18 heavy (non-hydrogen) atoms. The second-order valence-corrected chi connectivity index (χ2v) is 4.73. The molecule has 1 unspecified atom stereocenters. The zero-order chi connectivity index (χ0) is 13.9. The van der Waals surface area contributed by atoms with Gasteiger partial charge in [0.2, 0.25) is 0 Å². The first-order valence-corrected chi connectivity index (χ1v) is 5.76. The summed E-state index contributed by atoms with van der Waals surface area (Å²) in [5.74, 6) is -0.787. The van der Waals surface area contributed by atoms with Gasteiger partial charge in [0, 0.05) is 12.1 Å². The number of carboxylic acids is 1. The number of nitrogens with zero attached hydrogens (tertiary/aromatic N) is 1. The average molecular weight is 252 g/mol. The van der Waals surface area contributed by atoms with Gasteiger partial charge >= 0.3 is 5.97 Å². The molecule has 5 nitrogen and oxygen atoms in total. The molecule has 0 radical (unpaired) electrons. The first kappa shape index (κ1) is 14.5. The lowest BCUT2D eigenvalue weighted by molar-refractivity contribution is -0.138. The molecule has 0 bridgehead atoms. The fourth-order valence-corrected chi connectivity index (χ4v) is 1.85. The van der Waals surface area contributed by atoms with Gasteiger partial charge in [-0.3, -0.25) is 4.79 Å². The van der Waals surface area contributed by atoms with Gasteiger partial charge in [0.15, 0.2) is 0 Å². The molecule has 0 aromatic heterocycles. The van der Waals surface area contributed by atoms with Gasteiger partial charge in [-0.1, -0.05) is 6.07 Å². The molecule has 1 rings (SSSR count). The van der Waals surface area contributed by atoms with Crippen LogP contribution in [0.4, 0.5) is 0 Å². The van der Waals surface area contributed by atoms with E-state index in [9.17, 15) is 9.90 Å². The van der Waals surface area contributed by atoms with Crippen LogP contribution in [-0.2, 0) is 17.8 Å². The van der Waals surface area contributed by atoms with Gasteiger partial charge in [-0.15, -0.1) is 0 Å². The topological polar surface area (TPSA) is 86.8 Å². The van der Waals surface area contributed by atoms with Gasteiger partial charge < -0.3 is 20.8 Å². The Morgan fingerprint density at radius 1 is 1.44 bits per heavy atom. The molecule has 5 heteroatoms. The summed E-state index contributed by atoms with van der Waals surface area (Å²) < 4.78 is 0. The van der Waals surface area contributed by atoms with Crippen LogP contribution in [0, 0.1) is 6.92 Å². The standard InChI is InChI=1S/C13H20N2O3/c1-8-9(6-11(14)13(17)18)4-5-12(16)10(8)7-15(2)3/h4-5,11,16H,6-7,14H2,1-3H3,(H,17,18). The van der Waals surface area contributed by atoms with Crippen molar-refractivity contribution in [1.29, 1.82) is 0 Å². The molecule has 0 saturated carbocycles. The Morgan fingerprint density at radius 3 is 2.56 bits per heavy atom. The maximum atomic E-state index is 10.8. The lowest BCUT2D eigenvalue weighted by Crippen LogP contribution is -2.32. The molecule has 0 heterocycles. The number of phenols is 1. The quantitative estimate of drug-likeness (QED) is 0.718. The van der Waals surface area contributed by atoms with Crippen LogP contribution in [0.2, 0.25) is 0 Å². The number of phenolic OH excluding ortho intramolecular Hbond substituents is 1. The van der Waals surface area contributed by atoms with Gasteiger partial charge in [0.25, 0.3) is 0 Å². The Balaban J connectivity index is 3.04. The number of nitrogens with two attached hydrogens (primary N) is 1. The summed E-state index contributed by atoms with van der Waals surface area (Å²) in [4.78, 5) is 12.7. The summed E-state index contributed by atoms with van der Waals surface area (Å²) in [6.45, 7) is 2.48.